The fourth-order valence-corrected chi connectivity index (χ4v) is 2.90. The monoisotopic (exact) mass is 261 g/mol. The van der Waals surface area contributed by atoms with Gasteiger partial charge in [0.05, 0.1) is 0 Å². The molecule has 0 aliphatic heterocycles. The molecule has 1 aromatic rings. The lowest BCUT2D eigenvalue weighted by Crippen LogP contribution is -2.19. The maximum absolute atomic E-state index is 13.6. The van der Waals surface area contributed by atoms with Crippen molar-refractivity contribution in [3.05, 3.63) is 40.7 Å². The fraction of sp³-hybridized carbons (Fsp3) is 0.529. The highest BCUT2D eigenvalue weighted by molar-refractivity contribution is 5.54. The lowest BCUT2D eigenvalue weighted by atomic mass is 9.83. The second-order valence-corrected chi connectivity index (χ2v) is 5.59. The second-order valence-electron chi connectivity index (χ2n) is 5.59. The van der Waals surface area contributed by atoms with Gasteiger partial charge in [-0.25, -0.2) is 4.39 Å². The summed E-state index contributed by atoms with van der Waals surface area (Å²) in [7, 11) is 1.98. The van der Waals surface area contributed by atoms with Gasteiger partial charge in [0.1, 0.15) is 5.82 Å². The van der Waals surface area contributed by atoms with Gasteiger partial charge in [0.2, 0.25) is 0 Å². The van der Waals surface area contributed by atoms with Crippen LogP contribution in [0.2, 0.25) is 0 Å². The Morgan fingerprint density at radius 3 is 2.68 bits per heavy atom. The van der Waals surface area contributed by atoms with Gasteiger partial charge in [-0.2, -0.15) is 0 Å². The van der Waals surface area contributed by atoms with Gasteiger partial charge >= 0.3 is 0 Å². The van der Waals surface area contributed by atoms with Crippen molar-refractivity contribution < 1.29 is 4.39 Å². The minimum absolute atomic E-state index is 0.110. The molecular formula is C17H24FN. The van der Waals surface area contributed by atoms with E-state index >= 15 is 0 Å². The predicted molar refractivity (Wildman–Crippen MR) is 79.6 cm³/mol. The van der Waals surface area contributed by atoms with Crippen LogP contribution in [-0.2, 0) is 0 Å². The van der Waals surface area contributed by atoms with Crippen LogP contribution in [0.5, 0.6) is 0 Å². The zero-order chi connectivity index (χ0) is 13.7. The maximum atomic E-state index is 13.6. The smallest absolute Gasteiger partial charge is 0.126 e. The first-order valence-electron chi connectivity index (χ1n) is 7.32. The summed E-state index contributed by atoms with van der Waals surface area (Å²) in [5.41, 5.74) is 3.12. The van der Waals surface area contributed by atoms with Crippen LogP contribution in [0, 0.1) is 18.7 Å². The summed E-state index contributed by atoms with van der Waals surface area (Å²) in [4.78, 5) is 0. The molecule has 0 atom stereocenters. The molecule has 1 N–H and O–H groups in total. The Morgan fingerprint density at radius 2 is 2.05 bits per heavy atom. The SMILES string of the molecule is CNCC(=Cc1ccc(C)c(F)c1)C1CCCCC1. The molecular weight excluding hydrogens is 237 g/mol. The Bertz CT molecular complexity index is 445. The van der Waals surface area contributed by atoms with E-state index in [0.29, 0.717) is 11.5 Å². The highest BCUT2D eigenvalue weighted by Crippen LogP contribution is 2.30. The first-order chi connectivity index (χ1) is 9.20. The third-order valence-corrected chi connectivity index (χ3v) is 4.06. The van der Waals surface area contributed by atoms with E-state index in [1.54, 1.807) is 13.0 Å². The molecule has 0 heterocycles. The molecule has 2 rings (SSSR count). The normalized spacial score (nSPS) is 17.7. The van der Waals surface area contributed by atoms with Crippen molar-refractivity contribution >= 4 is 6.08 Å². The van der Waals surface area contributed by atoms with Gasteiger partial charge in [0.25, 0.3) is 0 Å². The molecule has 19 heavy (non-hydrogen) atoms. The lowest BCUT2D eigenvalue weighted by molar-refractivity contribution is 0.398. The number of hydrogen-bond donors (Lipinski definition) is 1. The van der Waals surface area contributed by atoms with Crippen molar-refractivity contribution in [3.63, 3.8) is 0 Å². The zero-order valence-corrected chi connectivity index (χ0v) is 12.0. The number of nitrogens with one attached hydrogen (secondary N) is 1. The van der Waals surface area contributed by atoms with Crippen LogP contribution in [0.25, 0.3) is 6.08 Å². The van der Waals surface area contributed by atoms with Crippen molar-refractivity contribution in [1.82, 2.24) is 5.32 Å². The molecule has 1 saturated carbocycles. The van der Waals surface area contributed by atoms with E-state index in [9.17, 15) is 4.39 Å². The van der Waals surface area contributed by atoms with Crippen LogP contribution in [-0.4, -0.2) is 13.6 Å². The van der Waals surface area contributed by atoms with Gasteiger partial charge < -0.3 is 5.32 Å². The minimum Gasteiger partial charge on any atom is -0.316 e. The van der Waals surface area contributed by atoms with E-state index < -0.39 is 0 Å². The van der Waals surface area contributed by atoms with Gasteiger partial charge in [-0.15, -0.1) is 0 Å². The largest absolute Gasteiger partial charge is 0.316 e. The van der Waals surface area contributed by atoms with E-state index in [4.69, 9.17) is 0 Å². The highest BCUT2D eigenvalue weighted by atomic mass is 19.1. The first kappa shape index (κ1) is 14.3. The summed E-state index contributed by atoms with van der Waals surface area (Å²) < 4.78 is 13.6. The van der Waals surface area contributed by atoms with E-state index in [-0.39, 0.29) is 5.82 Å². The van der Waals surface area contributed by atoms with Gasteiger partial charge in [-0.05, 0) is 49.9 Å². The number of benzene rings is 1. The van der Waals surface area contributed by atoms with Crippen LogP contribution in [0.4, 0.5) is 4.39 Å². The van der Waals surface area contributed by atoms with E-state index in [1.165, 1.54) is 37.7 Å². The zero-order valence-electron chi connectivity index (χ0n) is 12.0. The predicted octanol–water partition coefficient (Wildman–Crippen LogP) is 4.32. The van der Waals surface area contributed by atoms with Crippen LogP contribution >= 0.6 is 0 Å². The van der Waals surface area contributed by atoms with Gasteiger partial charge in [0, 0.05) is 6.54 Å². The molecule has 2 heteroatoms. The van der Waals surface area contributed by atoms with Crippen molar-refractivity contribution in [3.8, 4) is 0 Å². The molecule has 0 saturated heterocycles. The van der Waals surface area contributed by atoms with E-state index in [1.807, 2.05) is 19.2 Å². The second kappa shape index (κ2) is 6.85. The minimum atomic E-state index is -0.110. The lowest BCUT2D eigenvalue weighted by Gasteiger charge is -2.24. The van der Waals surface area contributed by atoms with E-state index in [2.05, 4.69) is 11.4 Å². The molecule has 0 unspecified atom stereocenters. The molecule has 0 aromatic heterocycles. The molecule has 0 spiro atoms. The Labute approximate surface area is 115 Å². The number of halogens is 1. The van der Waals surface area contributed by atoms with Crippen LogP contribution < -0.4 is 5.32 Å². The number of hydrogen-bond acceptors (Lipinski definition) is 1. The number of rotatable bonds is 4. The van der Waals surface area contributed by atoms with Gasteiger partial charge in [0.15, 0.2) is 0 Å². The molecule has 0 radical (unpaired) electrons. The van der Waals surface area contributed by atoms with Gasteiger partial charge in [-0.1, -0.05) is 43.0 Å². The molecule has 0 bridgehead atoms. The third kappa shape index (κ3) is 3.90. The molecule has 0 amide bonds. The summed E-state index contributed by atoms with van der Waals surface area (Å²) in [6.07, 6.45) is 8.75. The Morgan fingerprint density at radius 1 is 1.32 bits per heavy atom. The Balaban J connectivity index is 2.20. The van der Waals surface area contributed by atoms with Gasteiger partial charge in [-0.3, -0.25) is 0 Å². The Kier molecular flexibility index (Phi) is 5.15. The summed E-state index contributed by atoms with van der Waals surface area (Å²) >= 11 is 0. The average Bonchev–Trinajstić information content (AvgIpc) is 2.43. The van der Waals surface area contributed by atoms with Crippen molar-refractivity contribution in [1.29, 1.82) is 0 Å². The standard InChI is InChI=1S/C17H24FN/c1-13-8-9-14(11-17(13)18)10-16(12-19-2)15-6-4-3-5-7-15/h8-11,15,19H,3-7,12H2,1-2H3. The summed E-state index contributed by atoms with van der Waals surface area (Å²) in [6, 6.07) is 5.52. The average molecular weight is 261 g/mol. The Hall–Kier alpha value is -1.15. The topological polar surface area (TPSA) is 12.0 Å². The van der Waals surface area contributed by atoms with Crippen molar-refractivity contribution in [2.45, 2.75) is 39.0 Å². The quantitative estimate of drug-likeness (QED) is 0.851. The molecule has 104 valence electrons. The molecule has 1 fully saturated rings. The maximum Gasteiger partial charge on any atom is 0.126 e. The third-order valence-electron chi connectivity index (χ3n) is 4.06. The van der Waals surface area contributed by atoms with E-state index in [0.717, 1.165) is 12.1 Å². The summed E-state index contributed by atoms with van der Waals surface area (Å²) in [6.45, 7) is 2.71. The number of aryl methyl sites for hydroxylation is 1. The van der Waals surface area contributed by atoms with Crippen LogP contribution in [0.1, 0.15) is 43.2 Å². The van der Waals surface area contributed by atoms with Crippen LogP contribution in [0.3, 0.4) is 0 Å². The van der Waals surface area contributed by atoms with Crippen LogP contribution in [0.15, 0.2) is 23.8 Å². The van der Waals surface area contributed by atoms with Crippen molar-refractivity contribution in [2.75, 3.05) is 13.6 Å². The highest BCUT2D eigenvalue weighted by Gasteiger charge is 2.17. The summed E-state index contributed by atoms with van der Waals surface area (Å²) in [5, 5.41) is 3.25. The fourth-order valence-electron chi connectivity index (χ4n) is 2.90. The molecule has 1 aliphatic carbocycles. The molecule has 1 nitrogen and oxygen atoms in total. The summed E-state index contributed by atoms with van der Waals surface area (Å²) in [5.74, 6) is 0.562. The number of likely N-dealkylation sites (N-methyl/N-ethyl adjacent to an activating group) is 1. The first-order valence-corrected chi connectivity index (χ1v) is 7.32. The molecule has 1 aromatic carbocycles. The van der Waals surface area contributed by atoms with Crippen molar-refractivity contribution in [2.24, 2.45) is 5.92 Å². The molecule has 1 aliphatic rings.